The SMILES string of the molecule is CC(Oc1cccc2c(CCNCC(O)c3cccnc3)c[nH]c12)C(=O)N1CCOCC1. The number of aliphatic hydroxyl groups excluding tert-OH is 1. The molecule has 8 heteroatoms. The monoisotopic (exact) mass is 438 g/mol. The predicted molar refractivity (Wildman–Crippen MR) is 122 cm³/mol. The highest BCUT2D eigenvalue weighted by atomic mass is 16.5. The smallest absolute Gasteiger partial charge is 0.263 e. The molecule has 8 nitrogen and oxygen atoms in total. The van der Waals surface area contributed by atoms with E-state index in [2.05, 4.69) is 15.3 Å². The van der Waals surface area contributed by atoms with E-state index in [1.807, 2.05) is 36.5 Å². The number of aliphatic hydroxyl groups is 1. The largest absolute Gasteiger partial charge is 0.479 e. The van der Waals surface area contributed by atoms with Gasteiger partial charge in [0.05, 0.1) is 24.8 Å². The number of carbonyl (C=O) groups excluding carboxylic acids is 1. The molecule has 0 saturated carbocycles. The first-order valence-corrected chi connectivity index (χ1v) is 11.0. The van der Waals surface area contributed by atoms with E-state index in [-0.39, 0.29) is 5.91 Å². The standard InChI is InChI=1S/C24H30N4O4/c1-17(24(30)28-10-12-31-13-11-28)32-22-6-2-5-20-18(15-27-23(20)22)7-9-26-16-21(29)19-4-3-8-25-14-19/h2-6,8,14-15,17,21,26-27,29H,7,9-13,16H2,1H3. The van der Waals surface area contributed by atoms with Gasteiger partial charge in [-0.15, -0.1) is 0 Å². The van der Waals surface area contributed by atoms with E-state index in [1.54, 1.807) is 24.2 Å². The summed E-state index contributed by atoms with van der Waals surface area (Å²) in [6.07, 6.45) is 4.99. The third kappa shape index (κ3) is 5.27. The fourth-order valence-corrected chi connectivity index (χ4v) is 3.92. The molecule has 3 aromatic rings. The van der Waals surface area contributed by atoms with Crippen molar-refractivity contribution < 1.29 is 19.4 Å². The third-order valence-electron chi connectivity index (χ3n) is 5.72. The lowest BCUT2D eigenvalue weighted by molar-refractivity contribution is -0.142. The van der Waals surface area contributed by atoms with Gasteiger partial charge >= 0.3 is 0 Å². The van der Waals surface area contributed by atoms with Crippen molar-refractivity contribution in [2.45, 2.75) is 25.6 Å². The Kier molecular flexibility index (Phi) is 7.36. The van der Waals surface area contributed by atoms with Gasteiger partial charge in [0.2, 0.25) is 0 Å². The van der Waals surface area contributed by atoms with Gasteiger partial charge in [0.25, 0.3) is 5.91 Å². The van der Waals surface area contributed by atoms with Gasteiger partial charge < -0.3 is 29.8 Å². The maximum atomic E-state index is 12.7. The molecule has 1 aromatic carbocycles. The highest BCUT2D eigenvalue weighted by molar-refractivity contribution is 5.89. The van der Waals surface area contributed by atoms with Gasteiger partial charge in [0.1, 0.15) is 5.75 Å². The molecule has 0 aliphatic carbocycles. The van der Waals surface area contributed by atoms with Crippen molar-refractivity contribution in [2.75, 3.05) is 39.4 Å². The van der Waals surface area contributed by atoms with Gasteiger partial charge in [0.15, 0.2) is 6.10 Å². The zero-order valence-electron chi connectivity index (χ0n) is 18.3. The molecule has 1 fully saturated rings. The predicted octanol–water partition coefficient (Wildman–Crippen LogP) is 2.05. The summed E-state index contributed by atoms with van der Waals surface area (Å²) < 4.78 is 11.4. The highest BCUT2D eigenvalue weighted by Crippen LogP contribution is 2.28. The van der Waals surface area contributed by atoms with Crippen molar-refractivity contribution in [1.82, 2.24) is 20.2 Å². The van der Waals surface area contributed by atoms with Crippen molar-refractivity contribution in [2.24, 2.45) is 0 Å². The molecular weight excluding hydrogens is 408 g/mol. The second kappa shape index (κ2) is 10.6. The normalized spacial score (nSPS) is 16.1. The van der Waals surface area contributed by atoms with Crippen LogP contribution in [0.25, 0.3) is 10.9 Å². The summed E-state index contributed by atoms with van der Waals surface area (Å²) in [7, 11) is 0. The van der Waals surface area contributed by atoms with E-state index >= 15 is 0 Å². The molecule has 2 aromatic heterocycles. The Morgan fingerprint density at radius 2 is 2.16 bits per heavy atom. The van der Waals surface area contributed by atoms with Gasteiger partial charge in [-0.3, -0.25) is 9.78 Å². The van der Waals surface area contributed by atoms with Crippen molar-refractivity contribution in [3.8, 4) is 5.75 Å². The van der Waals surface area contributed by atoms with Crippen molar-refractivity contribution in [3.05, 3.63) is 60.0 Å². The number of para-hydroxylation sites is 1. The number of amides is 1. The molecule has 32 heavy (non-hydrogen) atoms. The summed E-state index contributed by atoms with van der Waals surface area (Å²) in [5, 5.41) is 14.6. The number of nitrogens with one attached hydrogen (secondary N) is 2. The lowest BCUT2D eigenvalue weighted by atomic mass is 10.1. The van der Waals surface area contributed by atoms with Crippen LogP contribution in [-0.2, 0) is 16.0 Å². The number of morpholine rings is 1. The Bertz CT molecular complexity index is 1020. The highest BCUT2D eigenvalue weighted by Gasteiger charge is 2.24. The molecule has 1 aliphatic rings. The molecule has 3 heterocycles. The number of hydrogen-bond donors (Lipinski definition) is 3. The number of aromatic amines is 1. The average Bonchev–Trinajstić information content (AvgIpc) is 3.26. The summed E-state index contributed by atoms with van der Waals surface area (Å²) in [6.45, 7) is 5.32. The van der Waals surface area contributed by atoms with Crippen LogP contribution in [0.4, 0.5) is 0 Å². The number of ether oxygens (including phenoxy) is 2. The molecular formula is C24H30N4O4. The molecule has 4 rings (SSSR count). The molecule has 0 bridgehead atoms. The number of fused-ring (bicyclic) bond motifs is 1. The molecule has 2 atom stereocenters. The van der Waals surface area contributed by atoms with Crippen LogP contribution in [0.3, 0.4) is 0 Å². The Labute approximate surface area is 187 Å². The Balaban J connectivity index is 1.33. The van der Waals surface area contributed by atoms with Gasteiger partial charge in [-0.05, 0) is 37.6 Å². The van der Waals surface area contributed by atoms with Crippen LogP contribution in [0.5, 0.6) is 5.75 Å². The first-order valence-electron chi connectivity index (χ1n) is 11.0. The van der Waals surface area contributed by atoms with Crippen molar-refractivity contribution >= 4 is 16.8 Å². The number of hydrogen-bond acceptors (Lipinski definition) is 6. The Morgan fingerprint density at radius 3 is 2.94 bits per heavy atom. The van der Waals surface area contributed by atoms with Crippen LogP contribution in [0.2, 0.25) is 0 Å². The number of carbonyl (C=O) groups is 1. The number of benzene rings is 1. The second-order valence-electron chi connectivity index (χ2n) is 7.95. The molecule has 1 aliphatic heterocycles. The van der Waals surface area contributed by atoms with E-state index in [0.717, 1.165) is 35.0 Å². The van der Waals surface area contributed by atoms with Crippen molar-refractivity contribution in [1.29, 1.82) is 0 Å². The van der Waals surface area contributed by atoms with Gasteiger partial charge in [-0.25, -0.2) is 0 Å². The second-order valence-corrected chi connectivity index (χ2v) is 7.95. The van der Waals surface area contributed by atoms with E-state index in [0.29, 0.717) is 38.6 Å². The maximum absolute atomic E-state index is 12.7. The number of nitrogens with zero attached hydrogens (tertiary/aromatic N) is 2. The quantitative estimate of drug-likeness (QED) is 0.442. The van der Waals surface area contributed by atoms with E-state index in [4.69, 9.17) is 9.47 Å². The van der Waals surface area contributed by atoms with Crippen LogP contribution in [-0.4, -0.2) is 71.4 Å². The van der Waals surface area contributed by atoms with E-state index < -0.39 is 12.2 Å². The lowest BCUT2D eigenvalue weighted by Crippen LogP contribution is -2.46. The first-order chi connectivity index (χ1) is 15.6. The topological polar surface area (TPSA) is 99.7 Å². The maximum Gasteiger partial charge on any atom is 0.263 e. The van der Waals surface area contributed by atoms with E-state index in [9.17, 15) is 9.90 Å². The third-order valence-corrected chi connectivity index (χ3v) is 5.72. The van der Waals surface area contributed by atoms with Crippen LogP contribution < -0.4 is 10.1 Å². The summed E-state index contributed by atoms with van der Waals surface area (Å²) in [4.78, 5) is 21.8. The van der Waals surface area contributed by atoms with Crippen LogP contribution in [0, 0.1) is 0 Å². The Morgan fingerprint density at radius 1 is 1.31 bits per heavy atom. The van der Waals surface area contributed by atoms with Crippen LogP contribution in [0.1, 0.15) is 24.2 Å². The van der Waals surface area contributed by atoms with Crippen LogP contribution in [0.15, 0.2) is 48.9 Å². The summed E-state index contributed by atoms with van der Waals surface area (Å²) >= 11 is 0. The number of pyridine rings is 1. The molecule has 2 unspecified atom stereocenters. The van der Waals surface area contributed by atoms with Crippen LogP contribution >= 0.6 is 0 Å². The van der Waals surface area contributed by atoms with Crippen molar-refractivity contribution in [3.63, 3.8) is 0 Å². The number of H-pyrrole nitrogens is 1. The number of aromatic nitrogens is 2. The average molecular weight is 439 g/mol. The zero-order valence-corrected chi connectivity index (χ0v) is 18.3. The molecule has 1 amide bonds. The minimum absolute atomic E-state index is 0.0199. The lowest BCUT2D eigenvalue weighted by Gasteiger charge is -2.29. The minimum atomic E-state index is -0.586. The van der Waals surface area contributed by atoms with Gasteiger partial charge in [-0.2, -0.15) is 0 Å². The molecule has 3 N–H and O–H groups in total. The molecule has 1 saturated heterocycles. The summed E-state index contributed by atoms with van der Waals surface area (Å²) in [6, 6.07) is 9.56. The zero-order chi connectivity index (χ0) is 22.3. The molecule has 0 radical (unpaired) electrons. The molecule has 0 spiro atoms. The Hall–Kier alpha value is -2.94. The summed E-state index contributed by atoms with van der Waals surface area (Å²) in [5.41, 5.74) is 2.84. The molecule has 170 valence electrons. The first kappa shape index (κ1) is 22.3. The number of rotatable bonds is 9. The minimum Gasteiger partial charge on any atom is -0.479 e. The van der Waals surface area contributed by atoms with E-state index in [1.165, 1.54) is 0 Å². The summed E-state index contributed by atoms with van der Waals surface area (Å²) in [5.74, 6) is 0.649. The fourth-order valence-electron chi connectivity index (χ4n) is 3.92. The van der Waals surface area contributed by atoms with Gasteiger partial charge in [-0.1, -0.05) is 18.2 Å². The fraction of sp³-hybridized carbons (Fsp3) is 0.417. The van der Waals surface area contributed by atoms with Gasteiger partial charge in [0, 0.05) is 49.2 Å².